The first-order valence-electron chi connectivity index (χ1n) is 8.99. The molecule has 0 aliphatic rings. The normalized spacial score (nSPS) is 10.5. The van der Waals surface area contributed by atoms with Crippen LogP contribution in [0, 0.1) is 0 Å². The molecule has 26 heavy (non-hydrogen) atoms. The van der Waals surface area contributed by atoms with Gasteiger partial charge in [0.2, 0.25) is 0 Å². The van der Waals surface area contributed by atoms with Crippen molar-refractivity contribution in [3.8, 4) is 11.5 Å². The zero-order valence-corrected chi connectivity index (χ0v) is 16.0. The first-order chi connectivity index (χ1) is 12.4. The van der Waals surface area contributed by atoms with Gasteiger partial charge in [-0.05, 0) is 50.1 Å². The van der Waals surface area contributed by atoms with Gasteiger partial charge in [0, 0.05) is 23.6 Å². The Bertz CT molecular complexity index is 788. The molecule has 4 nitrogen and oxygen atoms in total. The van der Waals surface area contributed by atoms with Gasteiger partial charge in [-0.2, -0.15) is 0 Å². The van der Waals surface area contributed by atoms with E-state index >= 15 is 0 Å². The number of aryl methyl sites for hydroxylation is 1. The summed E-state index contributed by atoms with van der Waals surface area (Å²) in [7, 11) is 0. The number of H-pyrrole nitrogens is 1. The van der Waals surface area contributed by atoms with E-state index in [1.54, 1.807) is 0 Å². The number of para-hydroxylation sites is 3. The van der Waals surface area contributed by atoms with Gasteiger partial charge in [-0.25, -0.2) is 0 Å². The smallest absolute Gasteiger partial charge is 0.161 e. The van der Waals surface area contributed by atoms with Gasteiger partial charge in [0.1, 0.15) is 6.61 Å². The Hall–Kier alpha value is -2.17. The van der Waals surface area contributed by atoms with Crippen LogP contribution in [0.15, 0.2) is 54.7 Å². The second kappa shape index (κ2) is 10.7. The number of aromatic amines is 1. The van der Waals surface area contributed by atoms with E-state index in [2.05, 4.69) is 40.8 Å². The molecule has 1 heterocycles. The number of nitrogens with one attached hydrogen (secondary N) is 2. The Morgan fingerprint density at radius 3 is 2.46 bits per heavy atom. The Balaban J connectivity index is 0.00000243. The van der Waals surface area contributed by atoms with Crippen LogP contribution in [-0.2, 0) is 6.42 Å². The molecule has 0 amide bonds. The van der Waals surface area contributed by atoms with E-state index in [9.17, 15) is 0 Å². The van der Waals surface area contributed by atoms with Crippen LogP contribution in [0.3, 0.4) is 0 Å². The van der Waals surface area contributed by atoms with Crippen LogP contribution in [0.25, 0.3) is 10.9 Å². The number of benzene rings is 2. The molecule has 0 unspecified atom stereocenters. The minimum atomic E-state index is 0. The van der Waals surface area contributed by atoms with Crippen LogP contribution in [0.1, 0.15) is 18.9 Å². The number of halogens is 1. The molecule has 0 aliphatic carbocycles. The summed E-state index contributed by atoms with van der Waals surface area (Å²) < 4.78 is 11.4. The number of hydrogen-bond donors (Lipinski definition) is 2. The molecule has 0 radical (unpaired) electrons. The van der Waals surface area contributed by atoms with Gasteiger partial charge in [-0.15, -0.1) is 12.4 Å². The molecule has 3 rings (SSSR count). The summed E-state index contributed by atoms with van der Waals surface area (Å²) in [6.07, 6.45) is 4.31. The molecule has 0 saturated heterocycles. The number of fused-ring (bicyclic) bond motifs is 1. The number of ether oxygens (including phenoxy) is 2. The van der Waals surface area contributed by atoms with Gasteiger partial charge >= 0.3 is 0 Å². The van der Waals surface area contributed by atoms with Crippen molar-refractivity contribution < 1.29 is 9.47 Å². The van der Waals surface area contributed by atoms with Crippen LogP contribution in [0.2, 0.25) is 0 Å². The van der Waals surface area contributed by atoms with Gasteiger partial charge in [-0.3, -0.25) is 0 Å². The fourth-order valence-electron chi connectivity index (χ4n) is 2.94. The van der Waals surface area contributed by atoms with E-state index in [0.717, 1.165) is 37.4 Å². The van der Waals surface area contributed by atoms with E-state index in [4.69, 9.17) is 9.47 Å². The average Bonchev–Trinajstić information content (AvgIpc) is 3.06. The van der Waals surface area contributed by atoms with E-state index < -0.39 is 0 Å². The van der Waals surface area contributed by atoms with E-state index in [0.29, 0.717) is 13.2 Å². The first kappa shape index (κ1) is 20.1. The molecule has 2 aromatic carbocycles. The van der Waals surface area contributed by atoms with Crippen molar-refractivity contribution >= 4 is 23.3 Å². The molecule has 5 heteroatoms. The Labute approximate surface area is 161 Å². The molecule has 0 saturated carbocycles. The maximum Gasteiger partial charge on any atom is 0.161 e. The maximum atomic E-state index is 5.81. The summed E-state index contributed by atoms with van der Waals surface area (Å²) in [4.78, 5) is 3.33. The van der Waals surface area contributed by atoms with E-state index in [1.807, 2.05) is 31.2 Å². The standard InChI is InChI=1S/C21H26N2O2.ClH/c1-2-24-20-11-5-6-12-21(20)25-15-14-22-13-7-8-17-16-23-19-10-4-3-9-18(17)19;/h3-6,9-12,16,22-23H,2,7-8,13-15H2,1H3;1H. The van der Waals surface area contributed by atoms with Crippen LogP contribution in [-0.4, -0.2) is 31.3 Å². The fourth-order valence-corrected chi connectivity index (χ4v) is 2.94. The molecule has 0 atom stereocenters. The lowest BCUT2D eigenvalue weighted by molar-refractivity contribution is 0.276. The molecule has 2 N–H and O–H groups in total. The summed E-state index contributed by atoms with van der Waals surface area (Å²) >= 11 is 0. The largest absolute Gasteiger partial charge is 0.490 e. The van der Waals surface area contributed by atoms with Gasteiger partial charge in [0.25, 0.3) is 0 Å². The van der Waals surface area contributed by atoms with Crippen molar-refractivity contribution in [3.05, 3.63) is 60.3 Å². The number of rotatable bonds is 10. The van der Waals surface area contributed by atoms with Crippen LogP contribution in [0.4, 0.5) is 0 Å². The SMILES string of the molecule is CCOc1ccccc1OCCNCCCc1c[nH]c2ccccc12.Cl. The van der Waals surface area contributed by atoms with Gasteiger partial charge < -0.3 is 19.8 Å². The summed E-state index contributed by atoms with van der Waals surface area (Å²) in [5.41, 5.74) is 2.60. The van der Waals surface area contributed by atoms with Crippen LogP contribution >= 0.6 is 12.4 Å². The third kappa shape index (κ3) is 5.41. The van der Waals surface area contributed by atoms with E-state index in [-0.39, 0.29) is 12.4 Å². The molecule has 3 aromatic rings. The molecule has 0 spiro atoms. The summed E-state index contributed by atoms with van der Waals surface area (Å²) in [6, 6.07) is 16.3. The monoisotopic (exact) mass is 374 g/mol. The van der Waals surface area contributed by atoms with Crippen molar-refractivity contribution in [2.75, 3.05) is 26.3 Å². The predicted octanol–water partition coefficient (Wildman–Crippen LogP) is 4.59. The highest BCUT2D eigenvalue weighted by Gasteiger charge is 2.04. The Kier molecular flexibility index (Phi) is 8.32. The first-order valence-corrected chi connectivity index (χ1v) is 8.99. The second-order valence-corrected chi connectivity index (χ2v) is 5.94. The van der Waals surface area contributed by atoms with Gasteiger partial charge in [0.05, 0.1) is 6.61 Å². The highest BCUT2D eigenvalue weighted by atomic mass is 35.5. The number of hydrogen-bond acceptors (Lipinski definition) is 3. The lowest BCUT2D eigenvalue weighted by Crippen LogP contribution is -2.22. The quantitative estimate of drug-likeness (QED) is 0.510. The molecule has 140 valence electrons. The third-order valence-electron chi connectivity index (χ3n) is 4.16. The lowest BCUT2D eigenvalue weighted by atomic mass is 10.1. The summed E-state index contributed by atoms with van der Waals surface area (Å²) in [5, 5.41) is 4.77. The van der Waals surface area contributed by atoms with Gasteiger partial charge in [0.15, 0.2) is 11.5 Å². The van der Waals surface area contributed by atoms with E-state index in [1.165, 1.54) is 16.5 Å². The molecule has 0 aliphatic heterocycles. The Morgan fingerprint density at radius 2 is 1.65 bits per heavy atom. The third-order valence-corrected chi connectivity index (χ3v) is 4.16. The van der Waals surface area contributed by atoms with Gasteiger partial charge in [-0.1, -0.05) is 30.3 Å². The molecule has 0 bridgehead atoms. The minimum Gasteiger partial charge on any atom is -0.490 e. The van der Waals surface area contributed by atoms with Crippen molar-refractivity contribution in [2.24, 2.45) is 0 Å². The molecule has 0 fully saturated rings. The summed E-state index contributed by atoms with van der Waals surface area (Å²) in [6.45, 7) is 5.07. The van der Waals surface area contributed by atoms with Crippen LogP contribution < -0.4 is 14.8 Å². The van der Waals surface area contributed by atoms with Crippen molar-refractivity contribution in [1.29, 1.82) is 0 Å². The zero-order chi connectivity index (χ0) is 17.3. The summed E-state index contributed by atoms with van der Waals surface area (Å²) in [5.74, 6) is 1.62. The topological polar surface area (TPSA) is 46.3 Å². The molecule has 1 aromatic heterocycles. The van der Waals surface area contributed by atoms with Crippen molar-refractivity contribution in [1.82, 2.24) is 10.3 Å². The average molecular weight is 375 g/mol. The lowest BCUT2D eigenvalue weighted by Gasteiger charge is -2.11. The highest BCUT2D eigenvalue weighted by Crippen LogP contribution is 2.26. The fraction of sp³-hybridized carbons (Fsp3) is 0.333. The minimum absolute atomic E-state index is 0. The van der Waals surface area contributed by atoms with Crippen molar-refractivity contribution in [3.63, 3.8) is 0 Å². The second-order valence-electron chi connectivity index (χ2n) is 5.94. The highest BCUT2D eigenvalue weighted by molar-refractivity contribution is 5.85. The maximum absolute atomic E-state index is 5.81. The van der Waals surface area contributed by atoms with Crippen LogP contribution in [0.5, 0.6) is 11.5 Å². The molecular weight excluding hydrogens is 348 g/mol. The Morgan fingerprint density at radius 1 is 0.923 bits per heavy atom. The molecular formula is C21H27ClN2O2. The predicted molar refractivity (Wildman–Crippen MR) is 110 cm³/mol. The number of aromatic nitrogens is 1. The van der Waals surface area contributed by atoms with Crippen molar-refractivity contribution in [2.45, 2.75) is 19.8 Å². The zero-order valence-electron chi connectivity index (χ0n) is 15.2.